The fraction of sp³-hybridized carbons (Fsp3) is 0.200. The van der Waals surface area contributed by atoms with Gasteiger partial charge in [0.1, 0.15) is 0 Å². The summed E-state index contributed by atoms with van der Waals surface area (Å²) in [5.74, 6) is 0.612. The lowest BCUT2D eigenvalue weighted by molar-refractivity contribution is -0.118. The smallest absolute Gasteiger partial charge is 0.264 e. The Bertz CT molecular complexity index is 1020. The van der Waals surface area contributed by atoms with Crippen LogP contribution in [0.15, 0.2) is 42.5 Å². The lowest BCUT2D eigenvalue weighted by atomic mass is 10.1. The van der Waals surface area contributed by atoms with Crippen molar-refractivity contribution in [2.24, 2.45) is 0 Å². The molecule has 1 aromatic heterocycles. The van der Waals surface area contributed by atoms with Crippen LogP contribution < -0.4 is 19.5 Å². The molecule has 3 aromatic rings. The van der Waals surface area contributed by atoms with E-state index in [2.05, 4.69) is 10.3 Å². The number of para-hydroxylation sites is 1. The Morgan fingerprint density at radius 2 is 2.07 bits per heavy atom. The van der Waals surface area contributed by atoms with Crippen molar-refractivity contribution in [3.05, 3.63) is 64.4 Å². The van der Waals surface area contributed by atoms with Crippen LogP contribution in [0, 0.1) is 12.7 Å². The van der Waals surface area contributed by atoms with Crippen molar-refractivity contribution in [3.63, 3.8) is 0 Å². The van der Waals surface area contributed by atoms with E-state index in [0.717, 1.165) is 27.6 Å². The molecule has 0 aliphatic carbocycles. The molecule has 2 heterocycles. The molecule has 6 nitrogen and oxygen atoms in total. The Hall–Kier alpha value is -3.13. The molecule has 4 rings (SSSR count). The Kier molecular flexibility index (Phi) is 5.12. The van der Waals surface area contributed by atoms with E-state index in [1.807, 2.05) is 25.1 Å². The number of hydrogen-bond acceptors (Lipinski definition) is 6. The largest absolute Gasteiger partial charge is 0.481 e. The number of halogens is 1. The van der Waals surface area contributed by atoms with Crippen LogP contribution in [-0.4, -0.2) is 24.3 Å². The number of nitrogens with zero attached hydrogens (tertiary/aromatic N) is 1. The minimum Gasteiger partial charge on any atom is -0.481 e. The van der Waals surface area contributed by atoms with Crippen molar-refractivity contribution >= 4 is 22.4 Å². The average molecular weight is 400 g/mol. The molecular formula is C20H17FN2O4S. The number of fused-ring (bicyclic) bond motifs is 1. The summed E-state index contributed by atoms with van der Waals surface area (Å²) in [7, 11) is 0. The van der Waals surface area contributed by atoms with Crippen LogP contribution in [0.3, 0.4) is 0 Å². The van der Waals surface area contributed by atoms with E-state index in [4.69, 9.17) is 14.2 Å². The molecule has 1 N–H and O–H groups in total. The highest BCUT2D eigenvalue weighted by molar-refractivity contribution is 7.15. The first-order chi connectivity index (χ1) is 13.6. The third kappa shape index (κ3) is 4.07. The summed E-state index contributed by atoms with van der Waals surface area (Å²) in [4.78, 5) is 17.5. The number of carbonyl (C=O) groups excluding carboxylic acids is 1. The average Bonchev–Trinajstić information content (AvgIpc) is 3.27. The summed E-state index contributed by atoms with van der Waals surface area (Å²) in [5, 5.41) is 3.18. The van der Waals surface area contributed by atoms with E-state index in [9.17, 15) is 9.18 Å². The second-order valence-electron chi connectivity index (χ2n) is 6.16. The number of aryl methyl sites for hydroxylation is 1. The summed E-state index contributed by atoms with van der Waals surface area (Å²) in [6, 6.07) is 11.8. The number of hydrogen-bond donors (Lipinski definition) is 1. The van der Waals surface area contributed by atoms with Crippen molar-refractivity contribution in [1.29, 1.82) is 0 Å². The van der Waals surface area contributed by atoms with Crippen LogP contribution >= 0.6 is 11.3 Å². The van der Waals surface area contributed by atoms with Gasteiger partial charge in [-0.15, -0.1) is 11.3 Å². The fourth-order valence-corrected chi connectivity index (χ4v) is 3.76. The number of anilines is 1. The molecule has 1 amide bonds. The molecule has 0 unspecified atom stereocenters. The highest BCUT2D eigenvalue weighted by atomic mass is 32.1. The zero-order chi connectivity index (χ0) is 19.5. The Labute approximate surface area is 164 Å². The monoisotopic (exact) mass is 400 g/mol. The van der Waals surface area contributed by atoms with E-state index >= 15 is 0 Å². The molecule has 0 spiro atoms. The molecule has 144 valence electrons. The van der Waals surface area contributed by atoms with Crippen LogP contribution in [0.5, 0.6) is 17.2 Å². The van der Waals surface area contributed by atoms with Gasteiger partial charge in [-0.1, -0.05) is 18.2 Å². The van der Waals surface area contributed by atoms with E-state index < -0.39 is 11.7 Å². The molecule has 0 saturated heterocycles. The summed E-state index contributed by atoms with van der Waals surface area (Å²) in [6.45, 7) is 1.84. The van der Waals surface area contributed by atoms with Gasteiger partial charge in [-0.3, -0.25) is 10.1 Å². The molecule has 0 radical (unpaired) electrons. The van der Waals surface area contributed by atoms with Gasteiger partial charge in [-0.25, -0.2) is 9.37 Å². The standard InChI is InChI=1S/C20H17FN2O4S/c1-12-18(9-13-6-7-16-17(8-13)27-11-26-16)28-20(22-12)23-19(24)10-25-15-5-3-2-4-14(15)21/h2-8H,9-11H2,1H3,(H,22,23,24). The van der Waals surface area contributed by atoms with Crippen molar-refractivity contribution in [2.45, 2.75) is 13.3 Å². The molecule has 0 bridgehead atoms. The van der Waals surface area contributed by atoms with Crippen molar-refractivity contribution in [1.82, 2.24) is 4.98 Å². The first-order valence-electron chi connectivity index (χ1n) is 8.60. The third-order valence-corrected chi connectivity index (χ3v) is 5.21. The van der Waals surface area contributed by atoms with E-state index in [0.29, 0.717) is 11.6 Å². The van der Waals surface area contributed by atoms with Crippen LogP contribution in [0.1, 0.15) is 16.1 Å². The van der Waals surface area contributed by atoms with Gasteiger partial charge in [0.05, 0.1) is 5.69 Å². The molecule has 1 aliphatic heterocycles. The van der Waals surface area contributed by atoms with E-state index in [1.165, 1.54) is 23.5 Å². The first kappa shape index (κ1) is 18.2. The van der Waals surface area contributed by atoms with Gasteiger partial charge >= 0.3 is 0 Å². The van der Waals surface area contributed by atoms with E-state index in [-0.39, 0.29) is 19.1 Å². The summed E-state index contributed by atoms with van der Waals surface area (Å²) < 4.78 is 29.5. The van der Waals surface area contributed by atoms with Crippen LogP contribution in [0.25, 0.3) is 0 Å². The predicted octanol–water partition coefficient (Wildman–Crippen LogP) is 3.93. The summed E-state index contributed by atoms with van der Waals surface area (Å²) >= 11 is 1.40. The molecule has 8 heteroatoms. The normalized spacial score (nSPS) is 12.1. The van der Waals surface area contributed by atoms with Crippen LogP contribution in [0.4, 0.5) is 9.52 Å². The molecular weight excluding hydrogens is 383 g/mol. The number of aromatic nitrogens is 1. The van der Waals surface area contributed by atoms with E-state index in [1.54, 1.807) is 12.1 Å². The maximum Gasteiger partial charge on any atom is 0.264 e. The quantitative estimate of drug-likeness (QED) is 0.679. The number of amides is 1. The van der Waals surface area contributed by atoms with Crippen molar-refractivity contribution < 1.29 is 23.4 Å². The lowest BCUT2D eigenvalue weighted by Gasteiger charge is -2.06. The SMILES string of the molecule is Cc1nc(NC(=O)COc2ccccc2F)sc1Cc1ccc2c(c1)OCO2. The Morgan fingerprint density at radius 1 is 1.25 bits per heavy atom. The minimum atomic E-state index is -0.508. The number of benzene rings is 2. The van der Waals surface area contributed by atoms with Crippen molar-refractivity contribution in [3.8, 4) is 17.2 Å². The lowest BCUT2D eigenvalue weighted by Crippen LogP contribution is -2.20. The molecule has 28 heavy (non-hydrogen) atoms. The van der Waals surface area contributed by atoms with Gasteiger partial charge in [0.15, 0.2) is 34.8 Å². The topological polar surface area (TPSA) is 69.7 Å². The summed E-state index contributed by atoms with van der Waals surface area (Å²) in [6.07, 6.45) is 0.668. The van der Waals surface area contributed by atoms with Gasteiger partial charge < -0.3 is 14.2 Å². The van der Waals surface area contributed by atoms with Gasteiger partial charge in [0, 0.05) is 11.3 Å². The zero-order valence-corrected chi connectivity index (χ0v) is 15.8. The Morgan fingerprint density at radius 3 is 2.93 bits per heavy atom. The molecule has 2 aromatic carbocycles. The molecule has 0 saturated carbocycles. The maximum atomic E-state index is 13.5. The number of ether oxygens (including phenoxy) is 3. The van der Waals surface area contributed by atoms with Crippen LogP contribution in [0.2, 0.25) is 0 Å². The Balaban J connectivity index is 1.37. The first-order valence-corrected chi connectivity index (χ1v) is 9.42. The third-order valence-electron chi connectivity index (χ3n) is 4.14. The minimum absolute atomic E-state index is 0.0384. The highest BCUT2D eigenvalue weighted by Crippen LogP contribution is 2.34. The van der Waals surface area contributed by atoms with Gasteiger partial charge in [-0.2, -0.15) is 0 Å². The van der Waals surface area contributed by atoms with Crippen LogP contribution in [-0.2, 0) is 11.2 Å². The van der Waals surface area contributed by atoms with Crippen molar-refractivity contribution in [2.75, 3.05) is 18.7 Å². The fourth-order valence-electron chi connectivity index (χ4n) is 2.74. The van der Waals surface area contributed by atoms with Gasteiger partial charge in [0.2, 0.25) is 6.79 Å². The number of nitrogens with one attached hydrogen (secondary N) is 1. The maximum absolute atomic E-state index is 13.5. The number of thiazole rings is 1. The second-order valence-corrected chi connectivity index (χ2v) is 7.24. The van der Waals surface area contributed by atoms with Gasteiger partial charge in [-0.05, 0) is 36.8 Å². The number of rotatable bonds is 6. The molecule has 0 fully saturated rings. The molecule has 0 atom stereocenters. The molecule has 1 aliphatic rings. The highest BCUT2D eigenvalue weighted by Gasteiger charge is 2.16. The number of carbonyl (C=O) groups is 1. The predicted molar refractivity (Wildman–Crippen MR) is 103 cm³/mol. The van der Waals surface area contributed by atoms with Gasteiger partial charge in [0.25, 0.3) is 5.91 Å². The zero-order valence-electron chi connectivity index (χ0n) is 15.0. The summed E-state index contributed by atoms with van der Waals surface area (Å²) in [5.41, 5.74) is 1.91. The second kappa shape index (κ2) is 7.85.